The molecular formula is C47H71N6O16PSSi2. The van der Waals surface area contributed by atoms with Crippen molar-refractivity contribution >= 4 is 40.5 Å². The van der Waals surface area contributed by atoms with Crippen LogP contribution in [-0.4, -0.2) is 99.6 Å². The van der Waals surface area contributed by atoms with Crippen molar-refractivity contribution in [1.82, 2.24) is 23.4 Å². The zero-order chi connectivity index (χ0) is 54.4. The second-order valence-electron chi connectivity index (χ2n) is 21.6. The minimum absolute atomic E-state index is 0.0535. The average molecular weight is 1100 g/mol. The summed E-state index contributed by atoms with van der Waals surface area (Å²) >= 11 is 0. The molecule has 1 spiro atoms. The van der Waals surface area contributed by atoms with Crippen LogP contribution < -0.4 is 37.8 Å². The molecule has 4 unspecified atom stereocenters. The van der Waals surface area contributed by atoms with E-state index in [9.17, 15) is 37.0 Å². The van der Waals surface area contributed by atoms with Gasteiger partial charge in [-0.25, -0.2) is 18.3 Å². The first-order valence-corrected chi connectivity index (χ1v) is 32.7. The van der Waals surface area contributed by atoms with Gasteiger partial charge in [-0.15, -0.1) is 0 Å². The van der Waals surface area contributed by atoms with Gasteiger partial charge in [-0.3, -0.25) is 37.2 Å². The molecule has 1 saturated heterocycles. The van der Waals surface area contributed by atoms with Crippen molar-refractivity contribution in [2.45, 2.75) is 160 Å². The molecule has 0 saturated carbocycles. The van der Waals surface area contributed by atoms with Crippen LogP contribution in [0.4, 0.5) is 0 Å². The van der Waals surface area contributed by atoms with Gasteiger partial charge in [-0.2, -0.15) is 13.5 Å². The number of methoxy groups -OCH3 is 1. The van der Waals surface area contributed by atoms with Gasteiger partial charge >= 0.3 is 25.1 Å². The highest BCUT2D eigenvalue weighted by Crippen LogP contribution is 2.52. The highest BCUT2D eigenvalue weighted by molar-refractivity contribution is 7.90. The number of carbonyl (C=O) groups excluding carboxylic acids is 1. The van der Waals surface area contributed by atoms with Crippen LogP contribution in [0, 0.1) is 13.8 Å². The Bertz CT molecular complexity index is 3030. The fraction of sp³-hybridized carbons (Fsp3) is 0.596. The molecule has 5 heterocycles. The summed E-state index contributed by atoms with van der Waals surface area (Å²) < 4.78 is 93.4. The summed E-state index contributed by atoms with van der Waals surface area (Å²) in [7, 11) is -12.8. The van der Waals surface area contributed by atoms with Crippen molar-refractivity contribution in [3.63, 3.8) is 0 Å². The van der Waals surface area contributed by atoms with Crippen molar-refractivity contribution in [2.75, 3.05) is 20.3 Å². The average Bonchev–Trinajstić information content (AvgIpc) is 3.95. The van der Waals surface area contributed by atoms with Gasteiger partial charge in [0.1, 0.15) is 30.1 Å². The molecule has 3 aliphatic heterocycles. The number of benzene rings is 1. The van der Waals surface area contributed by atoms with E-state index in [2.05, 4.69) is 25.9 Å². The van der Waals surface area contributed by atoms with Crippen LogP contribution in [0.25, 0.3) is 0 Å². The number of para-hydroxylation sites is 1. The number of hydrogen-bond acceptors (Lipinski definition) is 17. The minimum atomic E-state index is -4.37. The van der Waals surface area contributed by atoms with E-state index >= 15 is 0 Å². The number of carbonyl (C=O) groups is 1. The fourth-order valence-electron chi connectivity index (χ4n) is 7.97. The molecule has 1 aromatic carbocycles. The van der Waals surface area contributed by atoms with E-state index in [4.69, 9.17) is 42.0 Å². The van der Waals surface area contributed by atoms with Gasteiger partial charge in [0.25, 0.3) is 21.2 Å². The van der Waals surface area contributed by atoms with Crippen LogP contribution in [0.1, 0.15) is 78.5 Å². The summed E-state index contributed by atoms with van der Waals surface area (Å²) in [5.74, 6) is -0.507. The largest absolute Gasteiger partial charge is 0.468 e. The molecule has 2 aromatic heterocycles. The van der Waals surface area contributed by atoms with E-state index in [-0.39, 0.29) is 60.3 Å². The quantitative estimate of drug-likeness (QED) is 0.0522. The summed E-state index contributed by atoms with van der Waals surface area (Å²) in [6, 6.07) is 7.11. The number of aromatic nitrogens is 4. The Balaban J connectivity index is 1.27. The Kier molecular flexibility index (Phi) is 16.8. The van der Waals surface area contributed by atoms with Crippen LogP contribution in [-0.2, 0) is 64.3 Å². The Morgan fingerprint density at radius 2 is 1.42 bits per heavy atom. The van der Waals surface area contributed by atoms with Gasteiger partial charge in [0, 0.05) is 36.6 Å². The Hall–Kier alpha value is -4.54. The number of esters is 1. The van der Waals surface area contributed by atoms with Gasteiger partial charge in [0.15, 0.2) is 34.7 Å². The Morgan fingerprint density at radius 1 is 0.863 bits per heavy atom. The zero-order valence-corrected chi connectivity index (χ0v) is 47.7. The number of ether oxygens (including phenoxy) is 3. The molecule has 1 fully saturated rings. The molecule has 404 valence electrons. The van der Waals surface area contributed by atoms with Crippen molar-refractivity contribution in [2.24, 2.45) is 5.73 Å². The Morgan fingerprint density at radius 3 is 1.96 bits per heavy atom. The molecule has 3 aliphatic rings. The summed E-state index contributed by atoms with van der Waals surface area (Å²) in [6.45, 7) is 23.6. The molecule has 0 radical (unpaired) electrons. The Labute approximate surface area is 427 Å². The van der Waals surface area contributed by atoms with Crippen molar-refractivity contribution < 1.29 is 54.1 Å². The molecule has 22 nitrogen and oxygen atoms in total. The molecule has 0 amide bonds. The lowest BCUT2D eigenvalue weighted by Gasteiger charge is -2.43. The van der Waals surface area contributed by atoms with Crippen LogP contribution >= 0.6 is 7.75 Å². The normalized spacial score (nSPS) is 24.4. The monoisotopic (exact) mass is 1090 g/mol. The SMILES string of the molecule is COC(=O)C(C)NP(=O)(OC[C@@H]1C=C[C@H](n2cc(C)c(=O)n(CCCn3c(=O)c(C)cn([C@@H]4OC(CO[Si](C)(C)C(C)(C)C)C5(OS(=O)(=O)C=C5N)[C@H]4O[Si](C)(C)C(C)(C)C)c3=O)c2=O)O1)Oc1ccccc1. The van der Waals surface area contributed by atoms with E-state index in [1.165, 1.54) is 49.4 Å². The second-order valence-corrected chi connectivity index (χ2v) is 34.3. The van der Waals surface area contributed by atoms with Crippen LogP contribution in [0.3, 0.4) is 0 Å². The standard InChI is InChI=1S/C47H71N6O16PSSi2/c1-30-25-52(37-22-21-34(65-37)27-63-70(59,49-32(3)42(56)62-10)67-33-19-16-15-17-20-33)43(57)50(39(30)54)23-18-24-51-40(55)31(2)26-53(44(51)58)41-38(68-73(13,14)46(7,8)9)47(35(48)29-71(60,61)69-47)36(66-41)28-64-72(11,12)45(4,5)6/h15-17,19-22,25-26,29,32,34,36-38,41H,18,23-24,27-28,48H2,1-14H3,(H,49,59)/t32?,34-,36?,37+,38-,41+,47?,70?/m0/s1. The van der Waals surface area contributed by atoms with Gasteiger partial charge in [0.2, 0.25) is 0 Å². The number of aryl methyl sites for hydroxylation is 2. The van der Waals surface area contributed by atoms with Crippen molar-refractivity contribution in [3.05, 3.63) is 119 Å². The molecule has 8 atom stereocenters. The first kappa shape index (κ1) is 57.7. The third-order valence-electron chi connectivity index (χ3n) is 14.2. The molecule has 3 aromatic rings. The van der Waals surface area contributed by atoms with Gasteiger partial charge in [0.05, 0.1) is 31.4 Å². The summed E-state index contributed by atoms with van der Waals surface area (Å²) in [6.07, 6.45) is -0.0649. The van der Waals surface area contributed by atoms with Gasteiger partial charge < -0.3 is 33.3 Å². The highest BCUT2D eigenvalue weighted by atomic mass is 32.2. The molecule has 73 heavy (non-hydrogen) atoms. The lowest BCUT2D eigenvalue weighted by molar-refractivity contribution is -0.142. The molecule has 0 bridgehead atoms. The van der Waals surface area contributed by atoms with E-state index in [0.29, 0.717) is 0 Å². The smallest absolute Gasteiger partial charge is 0.459 e. The maximum atomic E-state index is 14.8. The first-order valence-electron chi connectivity index (χ1n) is 23.9. The minimum Gasteiger partial charge on any atom is -0.468 e. The van der Waals surface area contributed by atoms with Crippen molar-refractivity contribution in [1.29, 1.82) is 0 Å². The van der Waals surface area contributed by atoms with E-state index in [0.717, 1.165) is 14.5 Å². The summed E-state index contributed by atoms with van der Waals surface area (Å²) in [5, 5.41) is 2.72. The van der Waals surface area contributed by atoms with Crippen LogP contribution in [0.2, 0.25) is 36.3 Å². The molecule has 0 aliphatic carbocycles. The second kappa shape index (κ2) is 21.2. The van der Waals surface area contributed by atoms with Crippen molar-refractivity contribution in [3.8, 4) is 5.75 Å². The van der Waals surface area contributed by atoms with E-state index < -0.39 is 110 Å². The van der Waals surface area contributed by atoms with Crippen LogP contribution in [0.15, 0.2) is 85.2 Å². The maximum Gasteiger partial charge on any atom is 0.459 e. The lowest BCUT2D eigenvalue weighted by atomic mass is 9.89. The van der Waals surface area contributed by atoms with E-state index in [1.807, 2.05) is 47.0 Å². The number of nitrogens with two attached hydrogens (primary N) is 1. The van der Waals surface area contributed by atoms with Gasteiger partial charge in [-0.05, 0) is 81.7 Å². The maximum absolute atomic E-state index is 14.8. The third kappa shape index (κ3) is 12.1. The van der Waals surface area contributed by atoms with E-state index in [1.54, 1.807) is 42.5 Å². The van der Waals surface area contributed by atoms with Gasteiger partial charge in [-0.1, -0.05) is 65.8 Å². The van der Waals surface area contributed by atoms with Crippen LogP contribution in [0.5, 0.6) is 5.75 Å². The summed E-state index contributed by atoms with van der Waals surface area (Å²) in [4.78, 5) is 68.4. The first-order chi connectivity index (χ1) is 33.7. The highest BCUT2D eigenvalue weighted by Gasteiger charge is 2.67. The molecule has 6 rings (SSSR count). The molecular weight excluding hydrogens is 1020 g/mol. The number of nitrogens with zero attached hydrogens (tertiary/aromatic N) is 4. The number of hydrogen-bond donors (Lipinski definition) is 2. The molecule has 3 N–H and O–H groups in total. The zero-order valence-electron chi connectivity index (χ0n) is 44.0. The predicted molar refractivity (Wildman–Crippen MR) is 276 cm³/mol. The number of rotatable bonds is 19. The third-order valence-corrected chi connectivity index (χ3v) is 25.9. The topological polar surface area (TPSA) is 268 Å². The number of nitrogens with one attached hydrogen (secondary N) is 1. The molecule has 26 heteroatoms. The fourth-order valence-corrected chi connectivity index (χ4v) is 13.0. The lowest BCUT2D eigenvalue weighted by Crippen LogP contribution is -2.59. The predicted octanol–water partition coefficient (Wildman–Crippen LogP) is 5.06. The summed E-state index contributed by atoms with van der Waals surface area (Å²) in [5.41, 5.74) is 1.97.